The van der Waals surface area contributed by atoms with Gasteiger partial charge in [-0.3, -0.25) is 19.7 Å². The molecule has 3 heterocycles. The van der Waals surface area contributed by atoms with Crippen LogP contribution in [0.15, 0.2) is 99.2 Å². The van der Waals surface area contributed by atoms with Crippen molar-refractivity contribution in [1.29, 1.82) is 0 Å². The standard InChI is InChI=1S/C30H22ClN5O3/c1-18-14-22(19(2)35(18)34-29(37)20-8-4-3-5-9-20)17-32-36-28(33-25-11-7-6-10-24(25)30(36)38)27-16-21-15-23(31)12-13-26(21)39-27/h3-17H,1-2H3,(H,34,37). The van der Waals surface area contributed by atoms with Crippen LogP contribution in [-0.4, -0.2) is 26.5 Å². The number of amides is 1. The Kier molecular flexibility index (Phi) is 6.09. The number of rotatable bonds is 5. The zero-order chi connectivity index (χ0) is 27.1. The van der Waals surface area contributed by atoms with E-state index in [1.165, 1.54) is 4.68 Å². The van der Waals surface area contributed by atoms with Crippen molar-refractivity contribution >= 4 is 45.6 Å². The van der Waals surface area contributed by atoms with E-state index in [-0.39, 0.29) is 17.3 Å². The summed E-state index contributed by atoms with van der Waals surface area (Å²) in [6.07, 6.45) is 1.58. The zero-order valence-corrected chi connectivity index (χ0v) is 21.8. The molecule has 0 unspecified atom stereocenters. The van der Waals surface area contributed by atoms with Gasteiger partial charge in [0.2, 0.25) is 5.82 Å². The molecule has 0 saturated carbocycles. The second-order valence-electron chi connectivity index (χ2n) is 9.08. The summed E-state index contributed by atoms with van der Waals surface area (Å²) >= 11 is 6.16. The molecule has 3 aromatic heterocycles. The summed E-state index contributed by atoms with van der Waals surface area (Å²) in [5.74, 6) is 0.407. The van der Waals surface area contributed by atoms with Crippen LogP contribution in [0.4, 0.5) is 0 Å². The number of carbonyl (C=O) groups is 1. The molecule has 0 aliphatic rings. The maximum Gasteiger partial charge on any atom is 0.282 e. The van der Waals surface area contributed by atoms with Crippen molar-refractivity contribution in [3.05, 3.63) is 123 Å². The predicted molar refractivity (Wildman–Crippen MR) is 153 cm³/mol. The Morgan fingerprint density at radius 2 is 1.77 bits per heavy atom. The van der Waals surface area contributed by atoms with Crippen LogP contribution in [-0.2, 0) is 0 Å². The monoisotopic (exact) mass is 535 g/mol. The summed E-state index contributed by atoms with van der Waals surface area (Å²) in [7, 11) is 0. The third kappa shape index (κ3) is 4.51. The molecule has 9 heteroatoms. The van der Waals surface area contributed by atoms with Crippen molar-refractivity contribution in [2.75, 3.05) is 5.43 Å². The van der Waals surface area contributed by atoms with Gasteiger partial charge < -0.3 is 4.42 Å². The number of nitrogens with one attached hydrogen (secondary N) is 1. The van der Waals surface area contributed by atoms with Gasteiger partial charge in [-0.2, -0.15) is 9.78 Å². The Morgan fingerprint density at radius 1 is 1.00 bits per heavy atom. The maximum absolute atomic E-state index is 13.6. The van der Waals surface area contributed by atoms with Crippen LogP contribution in [0.5, 0.6) is 0 Å². The third-order valence-electron chi connectivity index (χ3n) is 6.48. The van der Waals surface area contributed by atoms with Gasteiger partial charge in [-0.05, 0) is 68.4 Å². The second kappa shape index (κ2) is 9.74. The molecular weight excluding hydrogens is 514 g/mol. The van der Waals surface area contributed by atoms with Gasteiger partial charge in [-0.1, -0.05) is 41.9 Å². The fourth-order valence-electron chi connectivity index (χ4n) is 4.48. The lowest BCUT2D eigenvalue weighted by molar-refractivity contribution is 0.101. The highest BCUT2D eigenvalue weighted by Gasteiger charge is 2.17. The highest BCUT2D eigenvalue weighted by Crippen LogP contribution is 2.29. The molecule has 1 N–H and O–H groups in total. The number of aromatic nitrogens is 3. The molecule has 3 aromatic carbocycles. The maximum atomic E-state index is 13.6. The second-order valence-corrected chi connectivity index (χ2v) is 9.51. The number of fused-ring (bicyclic) bond motifs is 2. The van der Waals surface area contributed by atoms with Gasteiger partial charge in [-0.15, -0.1) is 0 Å². The largest absolute Gasteiger partial charge is 0.453 e. The van der Waals surface area contributed by atoms with Gasteiger partial charge in [0.15, 0.2) is 5.76 Å². The quantitative estimate of drug-likeness (QED) is 0.268. The smallest absolute Gasteiger partial charge is 0.282 e. The fraction of sp³-hybridized carbons (Fsp3) is 0.0667. The molecule has 0 spiro atoms. The van der Waals surface area contributed by atoms with Crippen LogP contribution < -0.4 is 11.0 Å². The summed E-state index contributed by atoms with van der Waals surface area (Å²) in [5, 5.41) is 6.34. The molecule has 0 radical (unpaired) electrons. The number of hydrogen-bond donors (Lipinski definition) is 1. The SMILES string of the molecule is Cc1cc(C=Nn2c(-c3cc4cc(Cl)ccc4o3)nc3ccccc3c2=O)c(C)n1NC(=O)c1ccccc1. The van der Waals surface area contributed by atoms with Crippen molar-refractivity contribution in [3.63, 3.8) is 0 Å². The molecule has 6 aromatic rings. The third-order valence-corrected chi connectivity index (χ3v) is 6.72. The van der Waals surface area contributed by atoms with Gasteiger partial charge in [0.25, 0.3) is 11.5 Å². The Hall–Kier alpha value is -4.95. The molecular formula is C30H22ClN5O3. The Morgan fingerprint density at radius 3 is 2.59 bits per heavy atom. The molecule has 0 aliphatic heterocycles. The minimum atomic E-state index is -0.337. The van der Waals surface area contributed by atoms with E-state index in [0.717, 1.165) is 22.3 Å². The highest BCUT2D eigenvalue weighted by molar-refractivity contribution is 6.31. The van der Waals surface area contributed by atoms with Crippen LogP contribution in [0.25, 0.3) is 33.5 Å². The van der Waals surface area contributed by atoms with E-state index in [0.29, 0.717) is 32.8 Å². The lowest BCUT2D eigenvalue weighted by atomic mass is 10.2. The Labute approximate surface area is 227 Å². The van der Waals surface area contributed by atoms with E-state index in [2.05, 4.69) is 10.5 Å². The van der Waals surface area contributed by atoms with E-state index in [1.54, 1.807) is 65.5 Å². The first kappa shape index (κ1) is 24.4. The lowest BCUT2D eigenvalue weighted by Crippen LogP contribution is -2.24. The van der Waals surface area contributed by atoms with Crippen LogP contribution in [0.3, 0.4) is 0 Å². The summed E-state index contributed by atoms with van der Waals surface area (Å²) in [6, 6.07) is 25.0. The first-order valence-electron chi connectivity index (χ1n) is 12.2. The molecule has 1 amide bonds. The molecule has 0 bridgehead atoms. The number of carbonyl (C=O) groups excluding carboxylic acids is 1. The van der Waals surface area contributed by atoms with Crippen LogP contribution in [0.1, 0.15) is 27.3 Å². The summed E-state index contributed by atoms with van der Waals surface area (Å²) < 4.78 is 8.96. The van der Waals surface area contributed by atoms with Crippen LogP contribution in [0.2, 0.25) is 5.02 Å². The Bertz CT molecular complexity index is 1970. The number of nitrogens with zero attached hydrogens (tertiary/aromatic N) is 4. The molecule has 192 valence electrons. The normalized spacial score (nSPS) is 11.6. The Balaban J connectivity index is 1.43. The molecule has 8 nitrogen and oxygen atoms in total. The van der Waals surface area contributed by atoms with E-state index in [4.69, 9.17) is 21.0 Å². The number of aryl methyl sites for hydroxylation is 1. The van der Waals surface area contributed by atoms with Crippen molar-refractivity contribution in [3.8, 4) is 11.6 Å². The van der Waals surface area contributed by atoms with E-state index in [9.17, 15) is 9.59 Å². The predicted octanol–water partition coefficient (Wildman–Crippen LogP) is 6.15. The molecule has 39 heavy (non-hydrogen) atoms. The highest BCUT2D eigenvalue weighted by atomic mass is 35.5. The number of halogens is 1. The molecule has 0 atom stereocenters. The van der Waals surface area contributed by atoms with E-state index < -0.39 is 0 Å². The fourth-order valence-corrected chi connectivity index (χ4v) is 4.66. The summed E-state index contributed by atoms with van der Waals surface area (Å²) in [5.41, 5.74) is 6.55. The first-order valence-corrected chi connectivity index (χ1v) is 12.6. The van der Waals surface area contributed by atoms with Crippen LogP contribution >= 0.6 is 11.6 Å². The van der Waals surface area contributed by atoms with Crippen molar-refractivity contribution in [2.45, 2.75) is 13.8 Å². The van der Waals surface area contributed by atoms with Crippen molar-refractivity contribution < 1.29 is 9.21 Å². The first-order chi connectivity index (χ1) is 18.9. The number of para-hydroxylation sites is 1. The molecule has 6 rings (SSSR count). The molecule has 0 aliphatic carbocycles. The topological polar surface area (TPSA) is 94.4 Å². The lowest BCUT2D eigenvalue weighted by Gasteiger charge is -2.11. The van der Waals surface area contributed by atoms with Crippen LogP contribution in [0, 0.1) is 13.8 Å². The average molecular weight is 536 g/mol. The van der Waals surface area contributed by atoms with Crippen molar-refractivity contribution in [2.24, 2.45) is 5.10 Å². The number of hydrogen-bond acceptors (Lipinski definition) is 5. The zero-order valence-electron chi connectivity index (χ0n) is 21.1. The van der Waals surface area contributed by atoms with Crippen molar-refractivity contribution in [1.82, 2.24) is 14.3 Å². The number of benzene rings is 3. The molecule has 0 fully saturated rings. The average Bonchev–Trinajstić information content (AvgIpc) is 3.48. The van der Waals surface area contributed by atoms with Gasteiger partial charge >= 0.3 is 0 Å². The minimum Gasteiger partial charge on any atom is -0.453 e. The van der Waals surface area contributed by atoms with Gasteiger partial charge in [0.1, 0.15) is 5.58 Å². The van der Waals surface area contributed by atoms with Gasteiger partial charge in [0.05, 0.1) is 17.1 Å². The van der Waals surface area contributed by atoms with E-state index >= 15 is 0 Å². The minimum absolute atomic E-state index is 0.233. The molecule has 0 saturated heterocycles. The summed E-state index contributed by atoms with van der Waals surface area (Å²) in [6.45, 7) is 3.75. The van der Waals surface area contributed by atoms with Gasteiger partial charge in [-0.25, -0.2) is 4.98 Å². The van der Waals surface area contributed by atoms with E-state index in [1.807, 2.05) is 44.2 Å². The van der Waals surface area contributed by atoms with Gasteiger partial charge in [0, 0.05) is 32.9 Å². The number of furan rings is 1. The summed E-state index contributed by atoms with van der Waals surface area (Å²) in [4.78, 5) is 31.0.